The molecule has 7 heteroatoms. The number of fused-ring (bicyclic) bond motifs is 1. The van der Waals surface area contributed by atoms with Crippen molar-refractivity contribution < 1.29 is 23.8 Å². The third-order valence-electron chi connectivity index (χ3n) is 4.63. The Labute approximate surface area is 178 Å². The molecule has 0 radical (unpaired) electrons. The Hall–Kier alpha value is -3.51. The highest BCUT2D eigenvalue weighted by molar-refractivity contribution is 6.30. The summed E-state index contributed by atoms with van der Waals surface area (Å²) in [6.07, 6.45) is 0. The van der Waals surface area contributed by atoms with Gasteiger partial charge in [0.25, 0.3) is 5.91 Å². The zero-order valence-corrected chi connectivity index (χ0v) is 16.9. The van der Waals surface area contributed by atoms with Gasteiger partial charge in [0.1, 0.15) is 19.0 Å². The lowest BCUT2D eigenvalue weighted by Crippen LogP contribution is -2.19. The molecular formula is C23H18ClNO5. The van der Waals surface area contributed by atoms with Gasteiger partial charge in [-0.2, -0.15) is 0 Å². The van der Waals surface area contributed by atoms with E-state index in [1.165, 1.54) is 0 Å². The fourth-order valence-electron chi connectivity index (χ4n) is 3.07. The molecule has 30 heavy (non-hydrogen) atoms. The molecule has 0 fully saturated rings. The lowest BCUT2D eigenvalue weighted by atomic mass is 10.0. The van der Waals surface area contributed by atoms with Crippen molar-refractivity contribution in [3.05, 3.63) is 82.4 Å². The van der Waals surface area contributed by atoms with E-state index in [-0.39, 0.29) is 11.7 Å². The van der Waals surface area contributed by atoms with Crippen LogP contribution in [0.5, 0.6) is 17.2 Å². The standard InChI is InChI=1S/C23H18ClNO5/c1-28-17-8-4-15(5-9-17)23(27)25-19-13-21-20(29-10-11-30-21)12-18(19)22(26)14-2-6-16(24)7-3-14/h2-9,12-13H,10-11H2,1H3,(H,25,27). The molecule has 0 atom stereocenters. The van der Waals surface area contributed by atoms with E-state index in [4.69, 9.17) is 25.8 Å². The zero-order chi connectivity index (χ0) is 21.1. The molecule has 1 aliphatic rings. The molecule has 0 saturated carbocycles. The molecule has 0 aromatic heterocycles. The van der Waals surface area contributed by atoms with Crippen LogP contribution in [0, 0.1) is 0 Å². The predicted octanol–water partition coefficient (Wildman–Crippen LogP) is 4.60. The van der Waals surface area contributed by atoms with Gasteiger partial charge in [0.05, 0.1) is 18.4 Å². The average molecular weight is 424 g/mol. The minimum atomic E-state index is -0.362. The molecule has 3 aromatic rings. The summed E-state index contributed by atoms with van der Waals surface area (Å²) >= 11 is 5.93. The fraction of sp³-hybridized carbons (Fsp3) is 0.130. The van der Waals surface area contributed by atoms with Crippen molar-refractivity contribution >= 4 is 29.0 Å². The second-order valence-electron chi connectivity index (χ2n) is 6.56. The van der Waals surface area contributed by atoms with Crippen LogP contribution in [0.25, 0.3) is 0 Å². The maximum absolute atomic E-state index is 13.2. The van der Waals surface area contributed by atoms with Gasteiger partial charge >= 0.3 is 0 Å². The zero-order valence-electron chi connectivity index (χ0n) is 16.1. The number of carbonyl (C=O) groups is 2. The number of methoxy groups -OCH3 is 1. The lowest BCUT2D eigenvalue weighted by Gasteiger charge is -2.21. The quantitative estimate of drug-likeness (QED) is 0.607. The Morgan fingerprint density at radius 3 is 2.13 bits per heavy atom. The third-order valence-corrected chi connectivity index (χ3v) is 4.89. The number of ketones is 1. The van der Waals surface area contributed by atoms with Crippen LogP contribution in [0.15, 0.2) is 60.7 Å². The molecule has 6 nitrogen and oxygen atoms in total. The van der Waals surface area contributed by atoms with E-state index in [0.29, 0.717) is 57.9 Å². The van der Waals surface area contributed by atoms with Crippen LogP contribution in [0.3, 0.4) is 0 Å². The van der Waals surface area contributed by atoms with E-state index >= 15 is 0 Å². The lowest BCUT2D eigenvalue weighted by molar-refractivity contribution is 0.102. The van der Waals surface area contributed by atoms with Crippen LogP contribution < -0.4 is 19.5 Å². The Morgan fingerprint density at radius 2 is 1.50 bits per heavy atom. The van der Waals surface area contributed by atoms with E-state index < -0.39 is 0 Å². The minimum absolute atomic E-state index is 0.270. The second-order valence-corrected chi connectivity index (χ2v) is 7.00. The van der Waals surface area contributed by atoms with E-state index in [1.807, 2.05) is 0 Å². The highest BCUT2D eigenvalue weighted by atomic mass is 35.5. The summed E-state index contributed by atoms with van der Waals surface area (Å²) in [6, 6.07) is 16.4. The van der Waals surface area contributed by atoms with Crippen LogP contribution in [-0.4, -0.2) is 32.0 Å². The number of hydrogen-bond acceptors (Lipinski definition) is 5. The molecule has 1 amide bonds. The molecule has 0 spiro atoms. The topological polar surface area (TPSA) is 73.9 Å². The van der Waals surface area contributed by atoms with Crippen LogP contribution in [0.1, 0.15) is 26.3 Å². The maximum Gasteiger partial charge on any atom is 0.255 e. The molecule has 1 N–H and O–H groups in total. The van der Waals surface area contributed by atoms with E-state index in [0.717, 1.165) is 0 Å². The molecular weight excluding hydrogens is 406 g/mol. The summed E-state index contributed by atoms with van der Waals surface area (Å²) in [5.74, 6) is 0.942. The van der Waals surface area contributed by atoms with Gasteiger partial charge in [-0.3, -0.25) is 9.59 Å². The summed E-state index contributed by atoms with van der Waals surface area (Å²) in [6.45, 7) is 0.780. The molecule has 4 rings (SSSR count). The van der Waals surface area contributed by atoms with Crippen LogP contribution >= 0.6 is 11.6 Å². The number of ether oxygens (including phenoxy) is 3. The summed E-state index contributed by atoms with van der Waals surface area (Å²) in [5, 5.41) is 3.34. The highest BCUT2D eigenvalue weighted by Crippen LogP contribution is 2.37. The first-order valence-electron chi connectivity index (χ1n) is 9.24. The minimum Gasteiger partial charge on any atom is -0.497 e. The van der Waals surface area contributed by atoms with Gasteiger partial charge in [-0.1, -0.05) is 11.6 Å². The molecule has 0 saturated heterocycles. The van der Waals surface area contributed by atoms with Crippen molar-refractivity contribution in [1.29, 1.82) is 0 Å². The predicted molar refractivity (Wildman–Crippen MR) is 113 cm³/mol. The van der Waals surface area contributed by atoms with Crippen LogP contribution in [0.2, 0.25) is 5.02 Å². The van der Waals surface area contributed by atoms with E-state index in [2.05, 4.69) is 5.32 Å². The number of rotatable bonds is 5. The second kappa shape index (κ2) is 8.47. The Kier molecular flexibility index (Phi) is 5.59. The van der Waals surface area contributed by atoms with Crippen molar-refractivity contribution in [3.63, 3.8) is 0 Å². The van der Waals surface area contributed by atoms with Crippen LogP contribution in [0.4, 0.5) is 5.69 Å². The van der Waals surface area contributed by atoms with Crippen molar-refractivity contribution in [2.75, 3.05) is 25.6 Å². The van der Waals surface area contributed by atoms with Gasteiger partial charge < -0.3 is 19.5 Å². The number of anilines is 1. The molecule has 3 aromatic carbocycles. The number of nitrogens with one attached hydrogen (secondary N) is 1. The molecule has 0 aliphatic carbocycles. The largest absolute Gasteiger partial charge is 0.497 e. The normalized spacial score (nSPS) is 12.2. The molecule has 1 heterocycles. The molecule has 152 valence electrons. The Bertz CT molecular complexity index is 1090. The maximum atomic E-state index is 13.2. The third kappa shape index (κ3) is 4.09. The van der Waals surface area contributed by atoms with Crippen molar-refractivity contribution in [1.82, 2.24) is 0 Å². The highest BCUT2D eigenvalue weighted by Gasteiger charge is 2.22. The summed E-state index contributed by atoms with van der Waals surface area (Å²) in [5.41, 5.74) is 1.50. The SMILES string of the molecule is COc1ccc(C(=O)Nc2cc3c(cc2C(=O)c2ccc(Cl)cc2)OCCO3)cc1. The van der Waals surface area contributed by atoms with Crippen molar-refractivity contribution in [3.8, 4) is 17.2 Å². The Morgan fingerprint density at radius 1 is 0.900 bits per heavy atom. The van der Waals surface area contributed by atoms with Gasteiger partial charge in [-0.25, -0.2) is 0 Å². The fourth-order valence-corrected chi connectivity index (χ4v) is 3.20. The Balaban J connectivity index is 1.70. The molecule has 1 aliphatic heterocycles. The first-order valence-corrected chi connectivity index (χ1v) is 9.62. The number of halogens is 1. The van der Waals surface area contributed by atoms with E-state index in [1.54, 1.807) is 67.8 Å². The summed E-state index contributed by atoms with van der Waals surface area (Å²) < 4.78 is 16.4. The monoisotopic (exact) mass is 423 g/mol. The first kappa shape index (κ1) is 19.8. The first-order chi connectivity index (χ1) is 14.5. The molecule has 0 bridgehead atoms. The van der Waals surface area contributed by atoms with Crippen molar-refractivity contribution in [2.24, 2.45) is 0 Å². The number of carbonyl (C=O) groups excluding carboxylic acids is 2. The van der Waals surface area contributed by atoms with Crippen LogP contribution in [-0.2, 0) is 0 Å². The van der Waals surface area contributed by atoms with Gasteiger partial charge in [0.15, 0.2) is 17.3 Å². The number of hydrogen-bond donors (Lipinski definition) is 1. The van der Waals surface area contributed by atoms with Gasteiger partial charge in [0, 0.05) is 22.2 Å². The smallest absolute Gasteiger partial charge is 0.255 e. The van der Waals surface area contributed by atoms with Crippen molar-refractivity contribution in [2.45, 2.75) is 0 Å². The average Bonchev–Trinajstić information content (AvgIpc) is 2.78. The van der Waals surface area contributed by atoms with E-state index in [9.17, 15) is 9.59 Å². The van der Waals surface area contributed by atoms with Gasteiger partial charge in [0.2, 0.25) is 0 Å². The van der Waals surface area contributed by atoms with Gasteiger partial charge in [-0.05, 0) is 54.6 Å². The summed E-state index contributed by atoms with van der Waals surface area (Å²) in [7, 11) is 1.55. The number of amides is 1. The van der Waals surface area contributed by atoms with Gasteiger partial charge in [-0.15, -0.1) is 0 Å². The number of benzene rings is 3. The summed E-state index contributed by atoms with van der Waals surface area (Å²) in [4.78, 5) is 25.9. The molecule has 0 unspecified atom stereocenters.